The molecule has 2 N–H and O–H groups in total. The van der Waals surface area contributed by atoms with Gasteiger partial charge in [-0.15, -0.1) is 12.4 Å². The predicted octanol–water partition coefficient (Wildman–Crippen LogP) is 4.17. The van der Waals surface area contributed by atoms with E-state index >= 15 is 0 Å². The fraction of sp³-hybridized carbons (Fsp3) is 0.381. The van der Waals surface area contributed by atoms with Crippen LogP contribution in [0.2, 0.25) is 0 Å². The highest BCUT2D eigenvalue weighted by molar-refractivity contribution is 5.94. The quantitative estimate of drug-likeness (QED) is 0.866. The fourth-order valence-corrected chi connectivity index (χ4v) is 4.00. The third kappa shape index (κ3) is 4.05. The van der Waals surface area contributed by atoms with Crippen LogP contribution in [0.4, 0.5) is 0 Å². The molecule has 0 aromatic heterocycles. The van der Waals surface area contributed by atoms with Gasteiger partial charge in [0, 0.05) is 24.7 Å². The number of carbonyl (C=O) groups is 1. The lowest BCUT2D eigenvalue weighted by Gasteiger charge is -2.29. The van der Waals surface area contributed by atoms with Gasteiger partial charge >= 0.3 is 0 Å². The average molecular weight is 357 g/mol. The molecule has 1 aliphatic carbocycles. The Morgan fingerprint density at radius 3 is 2.40 bits per heavy atom. The third-order valence-corrected chi connectivity index (χ3v) is 5.43. The first-order chi connectivity index (χ1) is 11.8. The highest BCUT2D eigenvalue weighted by Crippen LogP contribution is 2.32. The van der Waals surface area contributed by atoms with Crippen molar-refractivity contribution in [3.8, 4) is 0 Å². The Bertz CT molecular complexity index is 724. The van der Waals surface area contributed by atoms with Crippen molar-refractivity contribution in [3.63, 3.8) is 0 Å². The number of nitrogens with one attached hydrogen (secondary N) is 2. The molecule has 3 nitrogen and oxygen atoms in total. The van der Waals surface area contributed by atoms with Crippen LogP contribution in [0.15, 0.2) is 48.5 Å². The molecule has 4 rings (SSSR count). The molecule has 132 valence electrons. The molecule has 0 spiro atoms. The van der Waals surface area contributed by atoms with Gasteiger partial charge in [-0.1, -0.05) is 36.4 Å². The number of rotatable bonds is 3. The Morgan fingerprint density at radius 1 is 0.920 bits per heavy atom. The zero-order chi connectivity index (χ0) is 16.4. The van der Waals surface area contributed by atoms with Crippen LogP contribution in [0.5, 0.6) is 0 Å². The monoisotopic (exact) mass is 356 g/mol. The van der Waals surface area contributed by atoms with Crippen molar-refractivity contribution in [2.45, 2.75) is 50.7 Å². The average Bonchev–Trinajstić information content (AvgIpc) is 3.11. The molecule has 0 bridgehead atoms. The van der Waals surface area contributed by atoms with Crippen LogP contribution in [-0.2, 0) is 13.1 Å². The number of amides is 1. The highest BCUT2D eigenvalue weighted by Gasteiger charge is 2.24. The summed E-state index contributed by atoms with van der Waals surface area (Å²) in [4.78, 5) is 12.5. The van der Waals surface area contributed by atoms with Crippen molar-refractivity contribution < 1.29 is 4.79 Å². The van der Waals surface area contributed by atoms with E-state index < -0.39 is 0 Å². The van der Waals surface area contributed by atoms with Crippen molar-refractivity contribution in [3.05, 3.63) is 70.8 Å². The minimum absolute atomic E-state index is 0. The van der Waals surface area contributed by atoms with E-state index in [-0.39, 0.29) is 18.3 Å². The van der Waals surface area contributed by atoms with Gasteiger partial charge in [0.25, 0.3) is 5.91 Å². The summed E-state index contributed by atoms with van der Waals surface area (Å²) in [6.45, 7) is 1.79. The van der Waals surface area contributed by atoms with Crippen LogP contribution in [-0.4, -0.2) is 11.9 Å². The predicted molar refractivity (Wildman–Crippen MR) is 103 cm³/mol. The lowest BCUT2D eigenvalue weighted by atomic mass is 9.81. The molecule has 0 saturated heterocycles. The lowest BCUT2D eigenvalue weighted by molar-refractivity contribution is 0.0925. The van der Waals surface area contributed by atoms with E-state index in [0.717, 1.165) is 44.3 Å². The van der Waals surface area contributed by atoms with Gasteiger partial charge in [0.1, 0.15) is 0 Å². The van der Waals surface area contributed by atoms with E-state index in [0.29, 0.717) is 12.0 Å². The number of halogens is 1. The second kappa shape index (κ2) is 8.03. The summed E-state index contributed by atoms with van der Waals surface area (Å²) in [5.41, 5.74) is 4.81. The van der Waals surface area contributed by atoms with Crippen LogP contribution in [0.1, 0.15) is 58.6 Å². The van der Waals surface area contributed by atoms with Crippen molar-refractivity contribution in [2.75, 3.05) is 0 Å². The maximum absolute atomic E-state index is 12.5. The first-order valence-corrected chi connectivity index (χ1v) is 8.98. The largest absolute Gasteiger partial charge is 0.349 e. The molecular weight excluding hydrogens is 332 g/mol. The summed E-state index contributed by atoms with van der Waals surface area (Å²) in [7, 11) is 0. The lowest BCUT2D eigenvalue weighted by Crippen LogP contribution is -2.37. The van der Waals surface area contributed by atoms with Gasteiger partial charge in [0.2, 0.25) is 0 Å². The van der Waals surface area contributed by atoms with Gasteiger partial charge in [-0.25, -0.2) is 0 Å². The first kappa shape index (κ1) is 18.0. The maximum Gasteiger partial charge on any atom is 0.251 e. The second-order valence-corrected chi connectivity index (χ2v) is 7.02. The van der Waals surface area contributed by atoms with Crippen LogP contribution >= 0.6 is 12.4 Å². The third-order valence-electron chi connectivity index (χ3n) is 5.43. The molecule has 1 saturated carbocycles. The summed E-state index contributed by atoms with van der Waals surface area (Å²) in [6.07, 6.45) is 4.45. The number of hydrogen-bond donors (Lipinski definition) is 2. The zero-order valence-electron chi connectivity index (χ0n) is 14.3. The van der Waals surface area contributed by atoms with Gasteiger partial charge < -0.3 is 10.6 Å². The number of hydrogen-bond acceptors (Lipinski definition) is 2. The molecule has 0 atom stereocenters. The second-order valence-electron chi connectivity index (χ2n) is 7.02. The normalized spacial score (nSPS) is 21.9. The summed E-state index contributed by atoms with van der Waals surface area (Å²) in [5.74, 6) is 0.721. The zero-order valence-corrected chi connectivity index (χ0v) is 15.1. The van der Waals surface area contributed by atoms with Crippen LogP contribution < -0.4 is 10.6 Å². The van der Waals surface area contributed by atoms with Crippen molar-refractivity contribution >= 4 is 18.3 Å². The van der Waals surface area contributed by atoms with E-state index in [1.54, 1.807) is 0 Å². The topological polar surface area (TPSA) is 41.1 Å². The van der Waals surface area contributed by atoms with Gasteiger partial charge in [-0.05, 0) is 60.4 Å². The minimum Gasteiger partial charge on any atom is -0.349 e. The Hall–Kier alpha value is -1.84. The smallest absolute Gasteiger partial charge is 0.251 e. The molecule has 25 heavy (non-hydrogen) atoms. The maximum atomic E-state index is 12.5. The van der Waals surface area contributed by atoms with Gasteiger partial charge in [0.05, 0.1) is 0 Å². The number of benzene rings is 2. The van der Waals surface area contributed by atoms with E-state index in [1.807, 2.05) is 12.1 Å². The molecule has 0 radical (unpaired) electrons. The van der Waals surface area contributed by atoms with Crippen LogP contribution in [0.25, 0.3) is 0 Å². The van der Waals surface area contributed by atoms with E-state index in [1.165, 1.54) is 16.7 Å². The molecule has 1 amide bonds. The summed E-state index contributed by atoms with van der Waals surface area (Å²) in [5, 5.41) is 6.56. The molecule has 1 aliphatic heterocycles. The number of carbonyl (C=O) groups excluding carboxylic acids is 1. The summed E-state index contributed by atoms with van der Waals surface area (Å²) >= 11 is 0. The molecule has 4 heteroatoms. The molecule has 1 fully saturated rings. The molecule has 2 aromatic carbocycles. The van der Waals surface area contributed by atoms with Crippen molar-refractivity contribution in [1.82, 2.24) is 10.6 Å². The van der Waals surface area contributed by atoms with Crippen LogP contribution in [0, 0.1) is 0 Å². The first-order valence-electron chi connectivity index (χ1n) is 8.98. The van der Waals surface area contributed by atoms with E-state index in [4.69, 9.17) is 0 Å². The van der Waals surface area contributed by atoms with E-state index in [9.17, 15) is 4.79 Å². The standard InChI is InChI=1S/C21H24N2O.ClH/c24-21(17-6-7-18-13-22-14-19(18)12-17)23-20-10-8-16(9-11-20)15-4-2-1-3-5-15;/h1-7,12,16,20,22H,8-11,13-14H2,(H,23,24);1H. The SMILES string of the molecule is Cl.O=C(NC1CCC(c2ccccc2)CC1)c1ccc2c(c1)CNC2. The minimum atomic E-state index is 0. The Balaban J connectivity index is 0.00000182. The summed E-state index contributed by atoms with van der Waals surface area (Å²) < 4.78 is 0. The molecule has 2 aromatic rings. The summed E-state index contributed by atoms with van der Waals surface area (Å²) in [6, 6.07) is 17.1. The molecule has 0 unspecified atom stereocenters. The van der Waals surface area contributed by atoms with Gasteiger partial charge in [-0.2, -0.15) is 0 Å². The van der Waals surface area contributed by atoms with E-state index in [2.05, 4.69) is 47.0 Å². The molecule has 2 aliphatic rings. The molecule has 1 heterocycles. The van der Waals surface area contributed by atoms with Gasteiger partial charge in [-0.3, -0.25) is 4.79 Å². The Morgan fingerprint density at radius 2 is 1.64 bits per heavy atom. The molecular formula is C21H25ClN2O. The highest BCUT2D eigenvalue weighted by atomic mass is 35.5. The van der Waals surface area contributed by atoms with Gasteiger partial charge in [0.15, 0.2) is 0 Å². The van der Waals surface area contributed by atoms with Crippen molar-refractivity contribution in [1.29, 1.82) is 0 Å². The number of fused-ring (bicyclic) bond motifs is 1. The Labute approximate surface area is 155 Å². The van der Waals surface area contributed by atoms with Crippen LogP contribution in [0.3, 0.4) is 0 Å². The Kier molecular flexibility index (Phi) is 5.77. The fourth-order valence-electron chi connectivity index (χ4n) is 4.00. The van der Waals surface area contributed by atoms with Crippen molar-refractivity contribution in [2.24, 2.45) is 0 Å².